The number of ether oxygens (including phenoxy) is 2. The molecule has 0 unspecified atom stereocenters. The van der Waals surface area contributed by atoms with Crippen molar-refractivity contribution in [2.24, 2.45) is 0 Å². The summed E-state index contributed by atoms with van der Waals surface area (Å²) >= 11 is 0. The van der Waals surface area contributed by atoms with Crippen molar-refractivity contribution in [3.05, 3.63) is 18.0 Å². The molecule has 0 saturated carbocycles. The zero-order valence-corrected chi connectivity index (χ0v) is 14.5. The van der Waals surface area contributed by atoms with E-state index < -0.39 is 5.60 Å². The molecule has 2 heterocycles. The molecule has 1 aromatic rings. The highest BCUT2D eigenvalue weighted by Gasteiger charge is 2.30. The number of aromatic nitrogens is 2. The summed E-state index contributed by atoms with van der Waals surface area (Å²) in [6.45, 7) is 8.82. The van der Waals surface area contributed by atoms with Gasteiger partial charge in [-0.2, -0.15) is 0 Å². The highest BCUT2D eigenvalue weighted by atomic mass is 16.6. The van der Waals surface area contributed by atoms with Crippen molar-refractivity contribution in [3.8, 4) is 6.01 Å². The Hall–Kier alpha value is -1.85. The monoisotopic (exact) mass is 321 g/mol. The van der Waals surface area contributed by atoms with E-state index in [0.717, 1.165) is 37.9 Å². The van der Waals surface area contributed by atoms with E-state index in [4.69, 9.17) is 9.47 Å². The lowest BCUT2D eigenvalue weighted by Crippen LogP contribution is -2.46. The van der Waals surface area contributed by atoms with Crippen LogP contribution in [0.4, 0.5) is 4.79 Å². The molecule has 6 nitrogen and oxygen atoms in total. The van der Waals surface area contributed by atoms with Gasteiger partial charge in [-0.1, -0.05) is 0 Å². The van der Waals surface area contributed by atoms with Crippen molar-refractivity contribution < 1.29 is 14.3 Å². The Morgan fingerprint density at radius 2 is 2.17 bits per heavy atom. The lowest BCUT2D eigenvalue weighted by atomic mass is 10.0. The van der Waals surface area contributed by atoms with E-state index >= 15 is 0 Å². The molecule has 1 amide bonds. The van der Waals surface area contributed by atoms with Crippen LogP contribution < -0.4 is 4.74 Å². The van der Waals surface area contributed by atoms with E-state index in [1.807, 2.05) is 38.7 Å². The Balaban J connectivity index is 1.87. The van der Waals surface area contributed by atoms with E-state index in [0.29, 0.717) is 12.6 Å². The lowest BCUT2D eigenvalue weighted by molar-refractivity contribution is 0.00732. The molecule has 23 heavy (non-hydrogen) atoms. The summed E-state index contributed by atoms with van der Waals surface area (Å²) in [5, 5.41) is 0. The first-order chi connectivity index (χ1) is 10.8. The van der Waals surface area contributed by atoms with Crippen molar-refractivity contribution in [2.75, 3.05) is 13.2 Å². The first kappa shape index (κ1) is 17.5. The molecular formula is C17H27N3O3. The van der Waals surface area contributed by atoms with Crippen LogP contribution in [-0.4, -0.2) is 45.8 Å². The van der Waals surface area contributed by atoms with Crippen LogP contribution in [0, 0.1) is 6.92 Å². The minimum absolute atomic E-state index is 0.156. The zero-order chi connectivity index (χ0) is 16.9. The SMILES string of the molecule is Cc1ccnc(OCC[C@@H]2CCCCN2C(=O)OC(C)(C)C)n1. The molecule has 0 N–H and O–H groups in total. The van der Waals surface area contributed by atoms with E-state index in [2.05, 4.69) is 9.97 Å². The normalized spacial score (nSPS) is 18.6. The summed E-state index contributed by atoms with van der Waals surface area (Å²) in [4.78, 5) is 22.5. The number of carbonyl (C=O) groups is 1. The Bertz CT molecular complexity index is 528. The van der Waals surface area contributed by atoms with E-state index in [-0.39, 0.29) is 12.1 Å². The molecule has 2 rings (SSSR count). The third-order valence-electron chi connectivity index (χ3n) is 3.71. The molecule has 1 saturated heterocycles. The summed E-state index contributed by atoms with van der Waals surface area (Å²) < 4.78 is 11.1. The van der Waals surface area contributed by atoms with Crippen molar-refractivity contribution in [1.82, 2.24) is 14.9 Å². The topological polar surface area (TPSA) is 64.5 Å². The standard InChI is InChI=1S/C17H27N3O3/c1-13-8-10-18-15(19-13)22-12-9-14-7-5-6-11-20(14)16(21)23-17(2,3)4/h8,10,14H,5-7,9,11-12H2,1-4H3/t14-/m0/s1. The van der Waals surface area contributed by atoms with Crippen molar-refractivity contribution >= 4 is 6.09 Å². The van der Waals surface area contributed by atoms with Gasteiger partial charge in [-0.15, -0.1) is 0 Å². The maximum absolute atomic E-state index is 12.3. The van der Waals surface area contributed by atoms with Crippen LogP contribution in [0.5, 0.6) is 6.01 Å². The smallest absolute Gasteiger partial charge is 0.410 e. The van der Waals surface area contributed by atoms with Crippen molar-refractivity contribution in [3.63, 3.8) is 0 Å². The largest absolute Gasteiger partial charge is 0.463 e. The lowest BCUT2D eigenvalue weighted by Gasteiger charge is -2.36. The number of likely N-dealkylation sites (tertiary alicyclic amines) is 1. The average molecular weight is 321 g/mol. The number of hydrogen-bond acceptors (Lipinski definition) is 5. The van der Waals surface area contributed by atoms with E-state index in [1.165, 1.54) is 0 Å². The molecule has 128 valence electrons. The van der Waals surface area contributed by atoms with Gasteiger partial charge in [0.25, 0.3) is 0 Å². The average Bonchev–Trinajstić information content (AvgIpc) is 2.46. The van der Waals surface area contributed by atoms with Gasteiger partial charge in [0.2, 0.25) is 0 Å². The first-order valence-corrected chi connectivity index (χ1v) is 8.27. The summed E-state index contributed by atoms with van der Waals surface area (Å²) in [6.07, 6.45) is 5.36. The van der Waals surface area contributed by atoms with Crippen molar-refractivity contribution in [2.45, 2.75) is 65.0 Å². The zero-order valence-electron chi connectivity index (χ0n) is 14.5. The molecule has 1 aliphatic heterocycles. The van der Waals surface area contributed by atoms with E-state index in [1.54, 1.807) is 6.20 Å². The van der Waals surface area contributed by atoms with Crippen LogP contribution in [-0.2, 0) is 4.74 Å². The molecule has 6 heteroatoms. The molecule has 1 fully saturated rings. The van der Waals surface area contributed by atoms with Gasteiger partial charge in [0.05, 0.1) is 6.61 Å². The third-order valence-corrected chi connectivity index (χ3v) is 3.71. The Kier molecular flexibility index (Phi) is 5.80. The van der Waals surface area contributed by atoms with Gasteiger partial charge in [0, 0.05) is 30.9 Å². The fourth-order valence-electron chi connectivity index (χ4n) is 2.64. The summed E-state index contributed by atoms with van der Waals surface area (Å²) in [5.74, 6) is 0. The summed E-state index contributed by atoms with van der Waals surface area (Å²) in [5.41, 5.74) is 0.411. The molecule has 0 spiro atoms. The second-order valence-electron chi connectivity index (χ2n) is 6.94. The number of piperidine rings is 1. The van der Waals surface area contributed by atoms with Crippen LogP contribution in [0.3, 0.4) is 0 Å². The van der Waals surface area contributed by atoms with Gasteiger partial charge in [0.15, 0.2) is 0 Å². The predicted octanol–water partition coefficient (Wildman–Crippen LogP) is 3.34. The first-order valence-electron chi connectivity index (χ1n) is 8.27. The molecule has 1 atom stereocenters. The highest BCUT2D eigenvalue weighted by Crippen LogP contribution is 2.22. The van der Waals surface area contributed by atoms with Gasteiger partial charge >= 0.3 is 12.1 Å². The fraction of sp³-hybridized carbons (Fsp3) is 0.706. The molecule has 0 aromatic carbocycles. The Labute approximate surface area is 138 Å². The molecule has 0 radical (unpaired) electrons. The molecule has 1 aliphatic rings. The second-order valence-corrected chi connectivity index (χ2v) is 6.94. The minimum atomic E-state index is -0.467. The number of rotatable bonds is 4. The predicted molar refractivity (Wildman–Crippen MR) is 87.5 cm³/mol. The second kappa shape index (κ2) is 7.62. The van der Waals surface area contributed by atoms with Gasteiger partial charge in [0.1, 0.15) is 5.60 Å². The number of aryl methyl sites for hydroxylation is 1. The van der Waals surface area contributed by atoms with Crippen LogP contribution in [0.15, 0.2) is 12.3 Å². The number of nitrogens with zero attached hydrogens (tertiary/aromatic N) is 3. The van der Waals surface area contributed by atoms with Crippen molar-refractivity contribution in [1.29, 1.82) is 0 Å². The quantitative estimate of drug-likeness (QED) is 0.851. The Morgan fingerprint density at radius 1 is 1.39 bits per heavy atom. The summed E-state index contributed by atoms with van der Waals surface area (Å²) in [7, 11) is 0. The summed E-state index contributed by atoms with van der Waals surface area (Å²) in [6, 6.07) is 2.38. The van der Waals surface area contributed by atoms with E-state index in [9.17, 15) is 4.79 Å². The van der Waals surface area contributed by atoms with Gasteiger partial charge in [-0.25, -0.2) is 14.8 Å². The number of carbonyl (C=O) groups excluding carboxylic acids is 1. The van der Waals surface area contributed by atoms with Gasteiger partial charge < -0.3 is 14.4 Å². The Morgan fingerprint density at radius 3 is 2.87 bits per heavy atom. The molecular weight excluding hydrogens is 294 g/mol. The fourth-order valence-corrected chi connectivity index (χ4v) is 2.64. The van der Waals surface area contributed by atoms with Gasteiger partial charge in [-0.3, -0.25) is 0 Å². The maximum atomic E-state index is 12.3. The minimum Gasteiger partial charge on any atom is -0.463 e. The highest BCUT2D eigenvalue weighted by molar-refractivity contribution is 5.68. The third kappa shape index (κ3) is 5.69. The van der Waals surface area contributed by atoms with Crippen LogP contribution in [0.25, 0.3) is 0 Å². The van der Waals surface area contributed by atoms with Crippen LogP contribution in [0.1, 0.15) is 52.1 Å². The maximum Gasteiger partial charge on any atom is 0.410 e. The number of hydrogen-bond donors (Lipinski definition) is 0. The molecule has 1 aromatic heterocycles. The van der Waals surface area contributed by atoms with Gasteiger partial charge in [-0.05, 0) is 53.0 Å². The molecule has 0 bridgehead atoms. The molecule has 0 aliphatic carbocycles. The van der Waals surface area contributed by atoms with Crippen LogP contribution in [0.2, 0.25) is 0 Å². The van der Waals surface area contributed by atoms with Crippen LogP contribution >= 0.6 is 0 Å². The number of amides is 1.